The summed E-state index contributed by atoms with van der Waals surface area (Å²) in [6.45, 7) is 0.848. The number of morpholine rings is 1. The summed E-state index contributed by atoms with van der Waals surface area (Å²) in [6.07, 6.45) is -0.287. The number of carbonyl (C=O) groups is 2. The number of carboxylic acid groups (broad SMARTS) is 1. The Labute approximate surface area is 131 Å². The summed E-state index contributed by atoms with van der Waals surface area (Å²) in [6, 6.07) is 3.68. The van der Waals surface area contributed by atoms with E-state index in [1.54, 1.807) is 4.90 Å². The van der Waals surface area contributed by atoms with Gasteiger partial charge in [0.2, 0.25) is 5.91 Å². The molecule has 124 valence electrons. The Kier molecular flexibility index (Phi) is 4.30. The Morgan fingerprint density at radius 1 is 1.30 bits per heavy atom. The van der Waals surface area contributed by atoms with Crippen molar-refractivity contribution in [3.63, 3.8) is 0 Å². The van der Waals surface area contributed by atoms with Crippen LogP contribution in [0.25, 0.3) is 0 Å². The average Bonchev–Trinajstić information content (AvgIpc) is 3.26. The Morgan fingerprint density at radius 2 is 2.00 bits per heavy atom. The molecule has 0 radical (unpaired) electrons. The first-order valence-electron chi connectivity index (χ1n) is 7.53. The van der Waals surface area contributed by atoms with Crippen LogP contribution in [-0.4, -0.2) is 47.7 Å². The van der Waals surface area contributed by atoms with E-state index in [-0.39, 0.29) is 31.0 Å². The van der Waals surface area contributed by atoms with Crippen molar-refractivity contribution < 1.29 is 28.2 Å². The normalized spacial score (nSPS) is 26.9. The Hall–Kier alpha value is -2.02. The zero-order valence-corrected chi connectivity index (χ0v) is 12.4. The molecule has 1 aliphatic carbocycles. The Balaban J connectivity index is 1.65. The summed E-state index contributed by atoms with van der Waals surface area (Å²) >= 11 is 0. The highest BCUT2D eigenvalue weighted by Gasteiger charge is 2.48. The van der Waals surface area contributed by atoms with Gasteiger partial charge in [-0.3, -0.25) is 9.59 Å². The van der Waals surface area contributed by atoms with Crippen molar-refractivity contribution in [2.24, 2.45) is 5.92 Å². The molecule has 2 aliphatic rings. The number of carbonyl (C=O) groups excluding carboxylic acids is 1. The third-order valence-corrected chi connectivity index (χ3v) is 4.33. The lowest BCUT2D eigenvalue weighted by Gasteiger charge is -2.32. The highest BCUT2D eigenvalue weighted by atomic mass is 19.1. The van der Waals surface area contributed by atoms with Gasteiger partial charge in [0.1, 0.15) is 11.6 Å². The second kappa shape index (κ2) is 6.23. The molecule has 0 aromatic heterocycles. The van der Waals surface area contributed by atoms with E-state index in [0.717, 1.165) is 0 Å². The van der Waals surface area contributed by atoms with Crippen LogP contribution in [0.4, 0.5) is 8.78 Å². The lowest BCUT2D eigenvalue weighted by molar-refractivity contribution is -0.148. The number of hydrogen-bond donors (Lipinski definition) is 1. The number of benzene rings is 1. The number of amides is 1. The molecular formula is C16H17F2NO4. The van der Waals surface area contributed by atoms with Gasteiger partial charge >= 0.3 is 5.97 Å². The number of nitrogens with zero attached hydrogens (tertiary/aromatic N) is 1. The molecule has 3 atom stereocenters. The summed E-state index contributed by atoms with van der Waals surface area (Å²) in [5.41, 5.74) is -0.0267. The molecule has 2 fully saturated rings. The van der Waals surface area contributed by atoms with Crippen LogP contribution >= 0.6 is 0 Å². The molecule has 1 aromatic rings. The van der Waals surface area contributed by atoms with Gasteiger partial charge in [0, 0.05) is 30.5 Å². The number of aliphatic carboxylic acids is 1. The summed E-state index contributed by atoms with van der Waals surface area (Å²) in [7, 11) is 0. The van der Waals surface area contributed by atoms with Crippen LogP contribution in [0.3, 0.4) is 0 Å². The maximum Gasteiger partial charge on any atom is 0.306 e. The number of hydrogen-bond acceptors (Lipinski definition) is 3. The van der Waals surface area contributed by atoms with E-state index in [2.05, 4.69) is 0 Å². The average molecular weight is 325 g/mol. The van der Waals surface area contributed by atoms with Crippen molar-refractivity contribution in [2.45, 2.75) is 24.9 Å². The molecule has 7 heteroatoms. The standard InChI is InChI=1S/C16H17F2NO4/c17-12-2-1-3-13(18)15(12)10-7-11(10)16(22)19-4-5-23-9(8-19)6-14(20)21/h1-3,9-11H,4-8H2,(H,20,21)/t9-,10+,11-/m1/s1. The summed E-state index contributed by atoms with van der Waals surface area (Å²) in [5, 5.41) is 8.80. The van der Waals surface area contributed by atoms with Gasteiger partial charge in [0.15, 0.2) is 0 Å². The molecule has 1 N–H and O–H groups in total. The lowest BCUT2D eigenvalue weighted by atomic mass is 10.1. The van der Waals surface area contributed by atoms with Gasteiger partial charge < -0.3 is 14.7 Å². The molecule has 3 rings (SSSR count). The van der Waals surface area contributed by atoms with E-state index in [9.17, 15) is 18.4 Å². The van der Waals surface area contributed by atoms with Gasteiger partial charge in [-0.15, -0.1) is 0 Å². The van der Waals surface area contributed by atoms with Crippen LogP contribution in [-0.2, 0) is 14.3 Å². The fraction of sp³-hybridized carbons (Fsp3) is 0.500. The first-order chi connectivity index (χ1) is 11.0. The number of carboxylic acids is 1. The largest absolute Gasteiger partial charge is 0.481 e. The van der Waals surface area contributed by atoms with E-state index in [1.165, 1.54) is 18.2 Å². The SMILES string of the molecule is O=C(O)C[C@@H]1CN(C(=O)[C@@H]2C[C@@H]2c2c(F)cccc2F)CCO1. The quantitative estimate of drug-likeness (QED) is 0.916. The van der Waals surface area contributed by atoms with Gasteiger partial charge in [-0.25, -0.2) is 8.78 Å². The molecule has 1 saturated heterocycles. The third-order valence-electron chi connectivity index (χ3n) is 4.33. The lowest BCUT2D eigenvalue weighted by Crippen LogP contribution is -2.47. The van der Waals surface area contributed by atoms with E-state index in [4.69, 9.17) is 9.84 Å². The molecule has 1 amide bonds. The number of rotatable bonds is 4. The van der Waals surface area contributed by atoms with Gasteiger partial charge in [-0.2, -0.15) is 0 Å². The van der Waals surface area contributed by atoms with Crippen molar-refractivity contribution in [1.82, 2.24) is 4.90 Å². The van der Waals surface area contributed by atoms with Crippen molar-refractivity contribution in [2.75, 3.05) is 19.7 Å². The summed E-state index contributed by atoms with van der Waals surface area (Å²) < 4.78 is 32.9. The van der Waals surface area contributed by atoms with Crippen LogP contribution in [0.15, 0.2) is 18.2 Å². The number of ether oxygens (including phenoxy) is 1. The molecule has 0 bridgehead atoms. The minimum atomic E-state index is -0.984. The Bertz CT molecular complexity index is 616. The second-order valence-corrected chi connectivity index (χ2v) is 5.96. The molecule has 0 spiro atoms. The fourth-order valence-corrected chi connectivity index (χ4v) is 3.12. The van der Waals surface area contributed by atoms with Gasteiger partial charge in [0.05, 0.1) is 19.1 Å². The van der Waals surface area contributed by atoms with E-state index in [0.29, 0.717) is 13.0 Å². The Morgan fingerprint density at radius 3 is 2.65 bits per heavy atom. The van der Waals surface area contributed by atoms with Crippen LogP contribution in [0.2, 0.25) is 0 Å². The van der Waals surface area contributed by atoms with Crippen molar-refractivity contribution in [1.29, 1.82) is 0 Å². The van der Waals surface area contributed by atoms with Crippen molar-refractivity contribution >= 4 is 11.9 Å². The second-order valence-electron chi connectivity index (χ2n) is 5.96. The smallest absolute Gasteiger partial charge is 0.306 e. The summed E-state index contributed by atoms with van der Waals surface area (Å²) in [5.74, 6) is -3.31. The van der Waals surface area contributed by atoms with Crippen molar-refractivity contribution in [3.8, 4) is 0 Å². The maximum atomic E-state index is 13.8. The predicted octanol–water partition coefficient (Wildman–Crippen LogP) is 1.77. The van der Waals surface area contributed by atoms with E-state index >= 15 is 0 Å². The molecular weight excluding hydrogens is 308 g/mol. The first kappa shape index (κ1) is 15.9. The summed E-state index contributed by atoms with van der Waals surface area (Å²) in [4.78, 5) is 24.8. The fourth-order valence-electron chi connectivity index (χ4n) is 3.12. The van der Waals surface area contributed by atoms with Crippen molar-refractivity contribution in [3.05, 3.63) is 35.4 Å². The van der Waals surface area contributed by atoms with Crippen LogP contribution in [0.5, 0.6) is 0 Å². The minimum absolute atomic E-state index is 0.0267. The van der Waals surface area contributed by atoms with Crippen LogP contribution in [0.1, 0.15) is 24.3 Å². The molecule has 5 nitrogen and oxygen atoms in total. The topological polar surface area (TPSA) is 66.8 Å². The first-order valence-corrected chi connectivity index (χ1v) is 7.53. The van der Waals surface area contributed by atoms with Gasteiger partial charge in [-0.05, 0) is 18.6 Å². The zero-order chi connectivity index (χ0) is 16.6. The van der Waals surface area contributed by atoms with Gasteiger partial charge in [-0.1, -0.05) is 6.07 Å². The van der Waals surface area contributed by atoms with Gasteiger partial charge in [0.25, 0.3) is 0 Å². The predicted molar refractivity (Wildman–Crippen MR) is 75.8 cm³/mol. The van der Waals surface area contributed by atoms with Crippen LogP contribution < -0.4 is 0 Å². The number of halogens is 2. The highest BCUT2D eigenvalue weighted by molar-refractivity contribution is 5.83. The molecule has 1 aliphatic heterocycles. The van der Waals surface area contributed by atoms with E-state index in [1.807, 2.05) is 0 Å². The minimum Gasteiger partial charge on any atom is -0.481 e. The third kappa shape index (κ3) is 3.34. The maximum absolute atomic E-state index is 13.8. The molecule has 0 unspecified atom stereocenters. The van der Waals surface area contributed by atoms with Crippen LogP contribution in [0, 0.1) is 17.6 Å². The highest BCUT2D eigenvalue weighted by Crippen LogP contribution is 2.50. The molecule has 1 heterocycles. The zero-order valence-electron chi connectivity index (χ0n) is 12.4. The van der Waals surface area contributed by atoms with E-state index < -0.39 is 35.5 Å². The molecule has 1 saturated carbocycles. The molecule has 23 heavy (non-hydrogen) atoms. The monoisotopic (exact) mass is 325 g/mol. The molecule has 1 aromatic carbocycles.